The summed E-state index contributed by atoms with van der Waals surface area (Å²) in [6.07, 6.45) is 1.19. The summed E-state index contributed by atoms with van der Waals surface area (Å²) in [4.78, 5) is 5.24. The molecule has 1 aromatic heterocycles. The fourth-order valence-electron chi connectivity index (χ4n) is 2.21. The predicted molar refractivity (Wildman–Crippen MR) is 87.9 cm³/mol. The Labute approximate surface area is 126 Å². The first-order valence-electron chi connectivity index (χ1n) is 7.28. The van der Waals surface area contributed by atoms with Crippen molar-refractivity contribution in [2.24, 2.45) is 0 Å². The van der Waals surface area contributed by atoms with Crippen LogP contribution in [0.15, 0.2) is 42.5 Å². The maximum Gasteiger partial charge on any atom is 0.0328 e. The van der Waals surface area contributed by atoms with Crippen LogP contribution in [-0.2, 0) is 19.6 Å². The van der Waals surface area contributed by atoms with Gasteiger partial charge in [0.25, 0.3) is 0 Å². The first-order valence-corrected chi connectivity index (χ1v) is 8.10. The second-order valence-corrected chi connectivity index (χ2v) is 6.46. The molecule has 0 fully saturated rings. The van der Waals surface area contributed by atoms with Crippen LogP contribution in [0, 0.1) is 0 Å². The van der Waals surface area contributed by atoms with Gasteiger partial charge in [-0.3, -0.25) is 4.90 Å². The van der Waals surface area contributed by atoms with Crippen LogP contribution < -0.4 is 5.32 Å². The summed E-state index contributed by atoms with van der Waals surface area (Å²) in [6.45, 7) is 6.32. The summed E-state index contributed by atoms with van der Waals surface area (Å²) >= 11 is 1.92. The molecule has 0 atom stereocenters. The van der Waals surface area contributed by atoms with Crippen molar-refractivity contribution in [1.29, 1.82) is 0 Å². The fraction of sp³-hybridized carbons (Fsp3) is 0.412. The Balaban J connectivity index is 1.80. The molecule has 0 saturated heterocycles. The summed E-state index contributed by atoms with van der Waals surface area (Å²) < 4.78 is 0. The summed E-state index contributed by atoms with van der Waals surface area (Å²) in [5, 5.41) is 3.45. The van der Waals surface area contributed by atoms with E-state index in [1.165, 1.54) is 21.7 Å². The van der Waals surface area contributed by atoms with E-state index in [0.29, 0.717) is 0 Å². The zero-order chi connectivity index (χ0) is 14.2. The van der Waals surface area contributed by atoms with E-state index in [1.54, 1.807) is 0 Å². The molecule has 0 saturated carbocycles. The summed E-state index contributed by atoms with van der Waals surface area (Å²) in [7, 11) is 2.18. The molecule has 1 aromatic carbocycles. The maximum atomic E-state index is 3.45. The Morgan fingerprint density at radius 3 is 2.50 bits per heavy atom. The Bertz CT molecular complexity index is 493. The van der Waals surface area contributed by atoms with Gasteiger partial charge in [-0.15, -0.1) is 11.3 Å². The summed E-state index contributed by atoms with van der Waals surface area (Å²) in [5.74, 6) is 0. The van der Waals surface area contributed by atoms with Gasteiger partial charge in [0.2, 0.25) is 0 Å². The third kappa shape index (κ3) is 5.08. The normalized spacial score (nSPS) is 11.2. The van der Waals surface area contributed by atoms with Crippen LogP contribution in [0.25, 0.3) is 0 Å². The molecular weight excluding hydrogens is 264 g/mol. The van der Waals surface area contributed by atoms with Crippen LogP contribution in [-0.4, -0.2) is 18.5 Å². The number of nitrogens with one attached hydrogen (secondary N) is 1. The third-order valence-electron chi connectivity index (χ3n) is 3.16. The van der Waals surface area contributed by atoms with E-state index in [1.807, 2.05) is 11.3 Å². The molecule has 20 heavy (non-hydrogen) atoms. The molecule has 0 aliphatic carbocycles. The van der Waals surface area contributed by atoms with Crippen molar-refractivity contribution in [3.05, 3.63) is 57.8 Å². The number of benzene rings is 1. The molecule has 2 aromatic rings. The monoisotopic (exact) mass is 288 g/mol. The average molecular weight is 288 g/mol. The number of thiophene rings is 1. The molecule has 0 aliphatic heterocycles. The Morgan fingerprint density at radius 2 is 1.75 bits per heavy atom. The molecule has 3 heteroatoms. The lowest BCUT2D eigenvalue weighted by Gasteiger charge is -2.15. The Morgan fingerprint density at radius 1 is 1.00 bits per heavy atom. The highest BCUT2D eigenvalue weighted by molar-refractivity contribution is 7.11. The van der Waals surface area contributed by atoms with Crippen molar-refractivity contribution >= 4 is 11.3 Å². The standard InChI is InChI=1S/C17H24N2S/c1-3-11-18-12-16-9-10-17(20-16)14-19(2)13-15-7-5-4-6-8-15/h4-10,18H,3,11-14H2,1-2H3. The first-order chi connectivity index (χ1) is 9.78. The van der Waals surface area contributed by atoms with Gasteiger partial charge in [-0.2, -0.15) is 0 Å². The van der Waals surface area contributed by atoms with E-state index in [9.17, 15) is 0 Å². The minimum absolute atomic E-state index is 1.00. The van der Waals surface area contributed by atoms with Crippen LogP contribution >= 0.6 is 11.3 Å². The highest BCUT2D eigenvalue weighted by Gasteiger charge is 2.04. The predicted octanol–water partition coefficient (Wildman–Crippen LogP) is 3.88. The zero-order valence-electron chi connectivity index (χ0n) is 12.4. The van der Waals surface area contributed by atoms with Crippen molar-refractivity contribution in [3.63, 3.8) is 0 Å². The lowest BCUT2D eigenvalue weighted by Crippen LogP contribution is -2.16. The highest BCUT2D eigenvalue weighted by atomic mass is 32.1. The molecule has 0 spiro atoms. The SMILES string of the molecule is CCCNCc1ccc(CN(C)Cc2ccccc2)s1. The number of hydrogen-bond donors (Lipinski definition) is 1. The van der Waals surface area contributed by atoms with Crippen molar-refractivity contribution in [2.45, 2.75) is 33.0 Å². The van der Waals surface area contributed by atoms with Crippen molar-refractivity contribution in [1.82, 2.24) is 10.2 Å². The average Bonchev–Trinajstić information content (AvgIpc) is 2.87. The zero-order valence-corrected chi connectivity index (χ0v) is 13.2. The van der Waals surface area contributed by atoms with Gasteiger partial charge in [0.15, 0.2) is 0 Å². The van der Waals surface area contributed by atoms with Gasteiger partial charge < -0.3 is 5.32 Å². The van der Waals surface area contributed by atoms with Crippen molar-refractivity contribution in [3.8, 4) is 0 Å². The largest absolute Gasteiger partial charge is 0.312 e. The molecule has 0 radical (unpaired) electrons. The van der Waals surface area contributed by atoms with E-state index >= 15 is 0 Å². The van der Waals surface area contributed by atoms with Gasteiger partial charge in [0.05, 0.1) is 0 Å². The van der Waals surface area contributed by atoms with E-state index in [0.717, 1.165) is 26.2 Å². The van der Waals surface area contributed by atoms with E-state index in [4.69, 9.17) is 0 Å². The Hall–Kier alpha value is -1.16. The summed E-state index contributed by atoms with van der Waals surface area (Å²) in [5.41, 5.74) is 1.37. The van der Waals surface area contributed by atoms with Crippen LogP contribution in [0.3, 0.4) is 0 Å². The second-order valence-electron chi connectivity index (χ2n) is 5.20. The minimum atomic E-state index is 1.00. The molecule has 1 N–H and O–H groups in total. The third-order valence-corrected chi connectivity index (χ3v) is 4.23. The first kappa shape index (κ1) is 15.2. The van der Waals surface area contributed by atoms with Crippen LogP contribution in [0.5, 0.6) is 0 Å². The fourth-order valence-corrected chi connectivity index (χ4v) is 3.28. The molecule has 0 aliphatic rings. The van der Waals surface area contributed by atoms with E-state index < -0.39 is 0 Å². The number of hydrogen-bond acceptors (Lipinski definition) is 3. The van der Waals surface area contributed by atoms with E-state index in [-0.39, 0.29) is 0 Å². The van der Waals surface area contributed by atoms with E-state index in [2.05, 4.69) is 66.7 Å². The minimum Gasteiger partial charge on any atom is -0.312 e. The lowest BCUT2D eigenvalue weighted by molar-refractivity contribution is 0.322. The lowest BCUT2D eigenvalue weighted by atomic mass is 10.2. The smallest absolute Gasteiger partial charge is 0.0328 e. The second kappa shape index (κ2) is 8.20. The maximum absolute atomic E-state index is 3.45. The summed E-state index contributed by atoms with van der Waals surface area (Å²) in [6, 6.07) is 15.2. The van der Waals surface area contributed by atoms with Gasteiger partial charge in [0.1, 0.15) is 0 Å². The topological polar surface area (TPSA) is 15.3 Å². The van der Waals surface area contributed by atoms with Gasteiger partial charge in [-0.05, 0) is 37.7 Å². The molecule has 2 nitrogen and oxygen atoms in total. The number of rotatable bonds is 8. The molecule has 2 rings (SSSR count). The molecular formula is C17H24N2S. The molecule has 0 amide bonds. The highest BCUT2D eigenvalue weighted by Crippen LogP contribution is 2.18. The number of nitrogens with zero attached hydrogens (tertiary/aromatic N) is 1. The van der Waals surface area contributed by atoms with Crippen LogP contribution in [0.2, 0.25) is 0 Å². The Kier molecular flexibility index (Phi) is 6.25. The van der Waals surface area contributed by atoms with Gasteiger partial charge in [-0.1, -0.05) is 37.3 Å². The van der Waals surface area contributed by atoms with Crippen LogP contribution in [0.1, 0.15) is 28.7 Å². The molecule has 1 heterocycles. The van der Waals surface area contributed by atoms with Crippen molar-refractivity contribution in [2.75, 3.05) is 13.6 Å². The van der Waals surface area contributed by atoms with Gasteiger partial charge >= 0.3 is 0 Å². The molecule has 108 valence electrons. The van der Waals surface area contributed by atoms with Crippen molar-refractivity contribution < 1.29 is 0 Å². The molecule has 0 unspecified atom stereocenters. The van der Waals surface area contributed by atoms with Gasteiger partial charge in [-0.25, -0.2) is 0 Å². The van der Waals surface area contributed by atoms with Gasteiger partial charge in [0, 0.05) is 29.4 Å². The quantitative estimate of drug-likeness (QED) is 0.742. The van der Waals surface area contributed by atoms with Crippen LogP contribution in [0.4, 0.5) is 0 Å². The molecule has 0 bridgehead atoms.